The highest BCUT2D eigenvalue weighted by Gasteiger charge is 2.03. The summed E-state index contributed by atoms with van der Waals surface area (Å²) in [5, 5.41) is 0. The van der Waals surface area contributed by atoms with E-state index in [-0.39, 0.29) is 18.4 Å². The van der Waals surface area contributed by atoms with Gasteiger partial charge in [-0.2, -0.15) is 0 Å². The molecule has 1 atom stereocenters. The van der Waals surface area contributed by atoms with Crippen LogP contribution in [0.5, 0.6) is 0 Å². The summed E-state index contributed by atoms with van der Waals surface area (Å²) in [6, 6.07) is 8.55. The van der Waals surface area contributed by atoms with Gasteiger partial charge in [0.2, 0.25) is 0 Å². The maximum absolute atomic E-state index is 5.92. The van der Waals surface area contributed by atoms with Crippen molar-refractivity contribution in [3.63, 3.8) is 0 Å². The van der Waals surface area contributed by atoms with Crippen LogP contribution in [0, 0.1) is 0 Å². The molecule has 1 aromatic carbocycles. The van der Waals surface area contributed by atoms with Crippen molar-refractivity contribution >= 4 is 12.4 Å². The van der Waals surface area contributed by atoms with Crippen LogP contribution in [0.25, 0.3) is 0 Å². The van der Waals surface area contributed by atoms with E-state index in [0.717, 1.165) is 12.8 Å². The lowest BCUT2D eigenvalue weighted by atomic mass is 10.0. The largest absolute Gasteiger partial charge is 0.330 e. The van der Waals surface area contributed by atoms with Gasteiger partial charge in [0.15, 0.2) is 0 Å². The van der Waals surface area contributed by atoms with E-state index in [1.165, 1.54) is 11.1 Å². The van der Waals surface area contributed by atoms with E-state index in [1.807, 2.05) is 0 Å². The smallest absolute Gasteiger partial charge is 0.0306 e. The first kappa shape index (κ1) is 13.4. The number of hydrogen-bond donors (Lipinski definition) is 2. The molecule has 0 aromatic heterocycles. The number of hydrogen-bond acceptors (Lipinski definition) is 2. The summed E-state index contributed by atoms with van der Waals surface area (Å²) in [6.07, 6.45) is 1.93. The molecule has 0 aliphatic carbocycles. The van der Waals surface area contributed by atoms with Gasteiger partial charge in [-0.25, -0.2) is 0 Å². The molecule has 2 nitrogen and oxygen atoms in total. The lowest BCUT2D eigenvalue weighted by molar-refractivity contribution is 0.661. The first-order chi connectivity index (χ1) is 6.27. The summed E-state index contributed by atoms with van der Waals surface area (Å²) in [7, 11) is 0. The van der Waals surface area contributed by atoms with Crippen LogP contribution in [0.2, 0.25) is 0 Å². The van der Waals surface area contributed by atoms with Gasteiger partial charge in [0.25, 0.3) is 0 Å². The zero-order valence-electron chi connectivity index (χ0n) is 8.57. The van der Waals surface area contributed by atoms with Gasteiger partial charge in [0.05, 0.1) is 0 Å². The molecule has 0 unspecified atom stereocenters. The van der Waals surface area contributed by atoms with Crippen LogP contribution in [-0.2, 0) is 6.42 Å². The molecule has 0 heterocycles. The highest BCUT2D eigenvalue weighted by Crippen LogP contribution is 2.14. The van der Waals surface area contributed by atoms with E-state index in [9.17, 15) is 0 Å². The zero-order valence-corrected chi connectivity index (χ0v) is 9.39. The molecule has 3 heteroatoms. The van der Waals surface area contributed by atoms with E-state index >= 15 is 0 Å². The lowest BCUT2D eigenvalue weighted by Gasteiger charge is -2.10. The van der Waals surface area contributed by atoms with Crippen molar-refractivity contribution in [3.8, 4) is 0 Å². The Labute approximate surface area is 92.1 Å². The van der Waals surface area contributed by atoms with Crippen LogP contribution < -0.4 is 11.5 Å². The van der Waals surface area contributed by atoms with Gasteiger partial charge >= 0.3 is 0 Å². The molecule has 0 aliphatic rings. The van der Waals surface area contributed by atoms with Crippen LogP contribution in [0.4, 0.5) is 0 Å². The molecule has 0 radical (unpaired) electrons. The highest BCUT2D eigenvalue weighted by atomic mass is 35.5. The van der Waals surface area contributed by atoms with Crippen LogP contribution in [0.15, 0.2) is 24.3 Å². The second kappa shape index (κ2) is 6.82. The Kier molecular flexibility index (Phi) is 6.54. The van der Waals surface area contributed by atoms with Gasteiger partial charge < -0.3 is 11.5 Å². The Balaban J connectivity index is 0.00000169. The van der Waals surface area contributed by atoms with Gasteiger partial charge in [-0.05, 0) is 30.5 Å². The average Bonchev–Trinajstić information content (AvgIpc) is 2.18. The van der Waals surface area contributed by atoms with Gasteiger partial charge in [0.1, 0.15) is 0 Å². The van der Waals surface area contributed by atoms with Crippen LogP contribution in [0.1, 0.15) is 30.5 Å². The molecule has 1 rings (SSSR count). The van der Waals surface area contributed by atoms with E-state index in [4.69, 9.17) is 11.5 Å². The van der Waals surface area contributed by atoms with E-state index < -0.39 is 0 Å². The predicted octanol–water partition coefficient (Wildman–Crippen LogP) is 2.02. The fourth-order valence-corrected chi connectivity index (χ4v) is 1.35. The van der Waals surface area contributed by atoms with E-state index in [2.05, 4.69) is 31.2 Å². The maximum Gasteiger partial charge on any atom is 0.0306 e. The molecule has 0 saturated carbocycles. The Bertz CT molecular complexity index is 246. The monoisotopic (exact) mass is 214 g/mol. The summed E-state index contributed by atoms with van der Waals surface area (Å²) in [5.74, 6) is 0. The van der Waals surface area contributed by atoms with Crippen molar-refractivity contribution in [1.82, 2.24) is 0 Å². The number of rotatable bonds is 4. The van der Waals surface area contributed by atoms with E-state index in [1.54, 1.807) is 0 Å². The summed E-state index contributed by atoms with van der Waals surface area (Å²) in [5.41, 5.74) is 13.9. The van der Waals surface area contributed by atoms with Crippen LogP contribution in [-0.4, -0.2) is 6.54 Å². The van der Waals surface area contributed by atoms with Crippen molar-refractivity contribution in [2.24, 2.45) is 11.5 Å². The SMILES string of the molecule is CCc1ccc([C@H](N)CCN)cc1.Cl. The fraction of sp³-hybridized carbons (Fsp3) is 0.455. The zero-order chi connectivity index (χ0) is 9.68. The molecule has 0 fully saturated rings. The second-order valence-electron chi connectivity index (χ2n) is 3.28. The van der Waals surface area contributed by atoms with E-state index in [0.29, 0.717) is 6.54 Å². The Morgan fingerprint density at radius 1 is 1.21 bits per heavy atom. The molecule has 0 aliphatic heterocycles. The predicted molar refractivity (Wildman–Crippen MR) is 63.7 cm³/mol. The molecule has 0 saturated heterocycles. The van der Waals surface area contributed by atoms with Crippen LogP contribution >= 0.6 is 12.4 Å². The van der Waals surface area contributed by atoms with Crippen LogP contribution in [0.3, 0.4) is 0 Å². The molecule has 0 amide bonds. The third kappa shape index (κ3) is 3.66. The molecule has 14 heavy (non-hydrogen) atoms. The Morgan fingerprint density at radius 2 is 1.79 bits per heavy atom. The molecule has 4 N–H and O–H groups in total. The summed E-state index contributed by atoms with van der Waals surface area (Å²) < 4.78 is 0. The van der Waals surface area contributed by atoms with Gasteiger partial charge in [-0.1, -0.05) is 31.2 Å². The number of benzene rings is 1. The quantitative estimate of drug-likeness (QED) is 0.806. The minimum atomic E-state index is 0. The Morgan fingerprint density at radius 3 is 2.21 bits per heavy atom. The molecule has 0 spiro atoms. The molecular weight excluding hydrogens is 196 g/mol. The van der Waals surface area contributed by atoms with Crippen molar-refractivity contribution in [3.05, 3.63) is 35.4 Å². The van der Waals surface area contributed by atoms with Crippen molar-refractivity contribution in [1.29, 1.82) is 0 Å². The fourth-order valence-electron chi connectivity index (χ4n) is 1.35. The normalized spacial score (nSPS) is 11.9. The van der Waals surface area contributed by atoms with Gasteiger partial charge in [-0.3, -0.25) is 0 Å². The minimum Gasteiger partial charge on any atom is -0.330 e. The standard InChI is InChI=1S/C11H18N2.ClH/c1-2-9-3-5-10(6-4-9)11(13)7-8-12;/h3-6,11H,2,7-8,12-13H2,1H3;1H/t11-;/m1./s1. The topological polar surface area (TPSA) is 52.0 Å². The Hall–Kier alpha value is -0.570. The summed E-state index contributed by atoms with van der Waals surface area (Å²) in [4.78, 5) is 0. The molecule has 1 aromatic rings. The summed E-state index contributed by atoms with van der Waals surface area (Å²) >= 11 is 0. The highest BCUT2D eigenvalue weighted by molar-refractivity contribution is 5.85. The second-order valence-corrected chi connectivity index (χ2v) is 3.28. The maximum atomic E-state index is 5.92. The van der Waals surface area contributed by atoms with Gasteiger partial charge in [0, 0.05) is 6.04 Å². The lowest BCUT2D eigenvalue weighted by Crippen LogP contribution is -2.15. The first-order valence-corrected chi connectivity index (χ1v) is 4.82. The number of aryl methyl sites for hydroxylation is 1. The average molecular weight is 215 g/mol. The van der Waals surface area contributed by atoms with Crippen molar-refractivity contribution < 1.29 is 0 Å². The number of nitrogens with two attached hydrogens (primary N) is 2. The summed E-state index contributed by atoms with van der Waals surface area (Å²) in [6.45, 7) is 2.80. The van der Waals surface area contributed by atoms with Crippen molar-refractivity contribution in [2.45, 2.75) is 25.8 Å². The molecule has 0 bridgehead atoms. The third-order valence-corrected chi connectivity index (χ3v) is 2.29. The first-order valence-electron chi connectivity index (χ1n) is 4.82. The molecule has 80 valence electrons. The van der Waals surface area contributed by atoms with Gasteiger partial charge in [-0.15, -0.1) is 12.4 Å². The molecular formula is C11H19ClN2. The third-order valence-electron chi connectivity index (χ3n) is 2.29. The number of halogens is 1. The minimum absolute atomic E-state index is 0. The van der Waals surface area contributed by atoms with Crippen molar-refractivity contribution in [2.75, 3.05) is 6.54 Å².